The Morgan fingerprint density at radius 1 is 1.45 bits per heavy atom. The molecule has 0 saturated carbocycles. The van der Waals surface area contributed by atoms with Gasteiger partial charge in [-0.3, -0.25) is 15.0 Å². The monoisotopic (exact) mass is 337 g/mol. The number of nitrogens with zero attached hydrogens (tertiary/aromatic N) is 2. The van der Waals surface area contributed by atoms with Gasteiger partial charge in [0, 0.05) is 12.8 Å². The van der Waals surface area contributed by atoms with Gasteiger partial charge < -0.3 is 4.74 Å². The van der Waals surface area contributed by atoms with E-state index in [1.807, 2.05) is 19.9 Å². The first-order valence-corrected chi connectivity index (χ1v) is 7.68. The molecule has 1 aromatic rings. The first kappa shape index (κ1) is 17.0. The summed E-state index contributed by atoms with van der Waals surface area (Å²) in [4.78, 5) is 5.28. The largest absolute Gasteiger partial charge is 0.477 e. The minimum absolute atomic E-state index is 0.0172. The van der Waals surface area contributed by atoms with E-state index >= 15 is 0 Å². The molecule has 0 radical (unpaired) electrons. The minimum Gasteiger partial charge on any atom is -0.477 e. The van der Waals surface area contributed by atoms with Crippen molar-refractivity contribution in [3.63, 3.8) is 0 Å². The van der Waals surface area contributed by atoms with E-state index in [1.54, 1.807) is 6.92 Å². The van der Waals surface area contributed by atoms with Crippen LogP contribution in [0.2, 0.25) is 0 Å². The van der Waals surface area contributed by atoms with Crippen molar-refractivity contribution in [3.05, 3.63) is 22.4 Å². The standard InChI is InChI=1S/C13H18F3N3O2S/c1-5-20-11-8(10(13(14,15)16)19(4)17-11)7-22-9-6-12(2,3)21-18-9/h6,18H,5,7H2,1-4H3. The number of ether oxygens (including phenoxy) is 1. The Hall–Kier alpha value is -1.35. The Labute approximate surface area is 130 Å². The van der Waals surface area contributed by atoms with Gasteiger partial charge in [-0.25, -0.2) is 0 Å². The highest BCUT2D eigenvalue weighted by Crippen LogP contribution is 2.39. The van der Waals surface area contributed by atoms with Crippen LogP contribution in [0.15, 0.2) is 11.1 Å². The Kier molecular flexibility index (Phi) is 4.67. The summed E-state index contributed by atoms with van der Waals surface area (Å²) < 4.78 is 45.7. The average molecular weight is 337 g/mol. The fraction of sp³-hybridized carbons (Fsp3) is 0.615. The van der Waals surface area contributed by atoms with E-state index in [0.29, 0.717) is 5.03 Å². The molecule has 0 unspecified atom stereocenters. The fourth-order valence-electron chi connectivity index (χ4n) is 2.06. The van der Waals surface area contributed by atoms with E-state index in [4.69, 9.17) is 9.57 Å². The molecule has 2 rings (SSSR count). The van der Waals surface area contributed by atoms with Gasteiger partial charge in [0.1, 0.15) is 11.3 Å². The molecule has 1 aromatic heterocycles. The Balaban J connectivity index is 2.25. The molecular formula is C13H18F3N3O2S. The number of hydrogen-bond donors (Lipinski definition) is 1. The highest BCUT2D eigenvalue weighted by molar-refractivity contribution is 8.02. The van der Waals surface area contributed by atoms with Crippen molar-refractivity contribution in [1.29, 1.82) is 0 Å². The van der Waals surface area contributed by atoms with Crippen molar-refractivity contribution in [2.75, 3.05) is 6.61 Å². The number of halogens is 3. The maximum atomic E-state index is 13.2. The van der Waals surface area contributed by atoms with Crippen molar-refractivity contribution < 1.29 is 22.7 Å². The maximum Gasteiger partial charge on any atom is 0.433 e. The first-order chi connectivity index (χ1) is 10.1. The van der Waals surface area contributed by atoms with Crippen LogP contribution < -0.4 is 10.2 Å². The molecule has 0 fully saturated rings. The number of thioether (sulfide) groups is 1. The molecule has 1 aliphatic heterocycles. The van der Waals surface area contributed by atoms with Gasteiger partial charge in [0.25, 0.3) is 0 Å². The van der Waals surface area contributed by atoms with Crippen LogP contribution in [-0.4, -0.2) is 22.0 Å². The van der Waals surface area contributed by atoms with Crippen LogP contribution in [0.5, 0.6) is 5.88 Å². The quantitative estimate of drug-likeness (QED) is 0.894. The first-order valence-electron chi connectivity index (χ1n) is 6.69. The van der Waals surface area contributed by atoms with Crippen molar-refractivity contribution in [3.8, 4) is 5.88 Å². The number of aryl methyl sites for hydroxylation is 1. The summed E-state index contributed by atoms with van der Waals surface area (Å²) in [5.41, 5.74) is 1.48. The van der Waals surface area contributed by atoms with Crippen LogP contribution in [0.1, 0.15) is 32.0 Å². The highest BCUT2D eigenvalue weighted by Gasteiger charge is 2.39. The number of nitrogens with one attached hydrogen (secondary N) is 1. The van der Waals surface area contributed by atoms with Crippen LogP contribution in [0.25, 0.3) is 0 Å². The smallest absolute Gasteiger partial charge is 0.433 e. The number of hydroxylamine groups is 1. The van der Waals surface area contributed by atoms with Gasteiger partial charge in [0.2, 0.25) is 5.88 Å². The van der Waals surface area contributed by atoms with Crippen LogP contribution in [0.3, 0.4) is 0 Å². The van der Waals surface area contributed by atoms with Crippen molar-refractivity contribution in [2.24, 2.45) is 7.05 Å². The second-order valence-corrected chi connectivity index (χ2v) is 6.31. The van der Waals surface area contributed by atoms with Gasteiger partial charge in [-0.2, -0.15) is 13.2 Å². The average Bonchev–Trinajstić information content (AvgIpc) is 2.86. The molecule has 124 valence electrons. The summed E-state index contributed by atoms with van der Waals surface area (Å²) >= 11 is 1.21. The summed E-state index contributed by atoms with van der Waals surface area (Å²) in [5, 5.41) is 4.50. The Bertz CT molecular complexity index is 582. The lowest BCUT2D eigenvalue weighted by atomic mass is 10.1. The van der Waals surface area contributed by atoms with Gasteiger partial charge in [-0.05, 0) is 26.8 Å². The number of hydrogen-bond acceptors (Lipinski definition) is 5. The van der Waals surface area contributed by atoms with Crippen molar-refractivity contribution >= 4 is 11.8 Å². The molecule has 0 spiro atoms. The maximum absolute atomic E-state index is 13.2. The summed E-state index contributed by atoms with van der Waals surface area (Å²) in [6.07, 6.45) is -2.66. The van der Waals surface area contributed by atoms with E-state index in [0.717, 1.165) is 4.68 Å². The van der Waals surface area contributed by atoms with E-state index in [9.17, 15) is 13.2 Å². The molecule has 1 N–H and O–H groups in total. The van der Waals surface area contributed by atoms with Crippen LogP contribution in [0, 0.1) is 0 Å². The zero-order chi connectivity index (χ0) is 16.5. The molecule has 22 heavy (non-hydrogen) atoms. The lowest BCUT2D eigenvalue weighted by molar-refractivity contribution is -0.144. The summed E-state index contributed by atoms with van der Waals surface area (Å²) in [7, 11) is 1.26. The normalized spacial score (nSPS) is 17.3. The lowest BCUT2D eigenvalue weighted by Crippen LogP contribution is -2.20. The Morgan fingerprint density at radius 2 is 2.14 bits per heavy atom. The van der Waals surface area contributed by atoms with Gasteiger partial charge >= 0.3 is 6.18 Å². The van der Waals surface area contributed by atoms with E-state index < -0.39 is 17.5 Å². The fourth-order valence-corrected chi connectivity index (χ4v) is 3.09. The van der Waals surface area contributed by atoms with Gasteiger partial charge in [-0.15, -0.1) is 16.9 Å². The van der Waals surface area contributed by atoms with Crippen molar-refractivity contribution in [1.82, 2.24) is 15.3 Å². The third-order valence-electron chi connectivity index (χ3n) is 2.92. The molecule has 0 aromatic carbocycles. The second-order valence-electron chi connectivity index (χ2n) is 5.29. The van der Waals surface area contributed by atoms with Crippen LogP contribution >= 0.6 is 11.8 Å². The topological polar surface area (TPSA) is 48.3 Å². The van der Waals surface area contributed by atoms with Crippen molar-refractivity contribution in [2.45, 2.75) is 38.3 Å². The van der Waals surface area contributed by atoms with Gasteiger partial charge in [0.15, 0.2) is 0 Å². The molecule has 5 nitrogen and oxygen atoms in total. The predicted octanol–water partition coefficient (Wildman–Crippen LogP) is 3.23. The molecule has 0 aliphatic carbocycles. The van der Waals surface area contributed by atoms with Gasteiger partial charge in [0.05, 0.1) is 17.2 Å². The van der Waals surface area contributed by atoms with Gasteiger partial charge in [-0.1, -0.05) is 0 Å². The van der Waals surface area contributed by atoms with Crippen LogP contribution in [0.4, 0.5) is 13.2 Å². The molecule has 0 amide bonds. The predicted molar refractivity (Wildman–Crippen MR) is 77.1 cm³/mol. The Morgan fingerprint density at radius 3 is 2.64 bits per heavy atom. The second kappa shape index (κ2) is 6.04. The SMILES string of the molecule is CCOc1nn(C)c(C(F)(F)F)c1CSC1=CC(C)(C)ON1. The number of alkyl halides is 3. The number of aromatic nitrogens is 2. The third kappa shape index (κ3) is 3.70. The highest BCUT2D eigenvalue weighted by atomic mass is 32.2. The summed E-state index contributed by atoms with van der Waals surface area (Å²) in [6.45, 7) is 5.66. The molecule has 2 heterocycles. The molecular weight excluding hydrogens is 319 g/mol. The zero-order valence-electron chi connectivity index (χ0n) is 12.7. The summed E-state index contributed by atoms with van der Waals surface area (Å²) in [6, 6.07) is 0. The van der Waals surface area contributed by atoms with E-state index in [2.05, 4.69) is 10.6 Å². The molecule has 0 bridgehead atoms. The minimum atomic E-state index is -4.49. The summed E-state index contributed by atoms with van der Waals surface area (Å²) in [5.74, 6) is 0.0969. The van der Waals surface area contributed by atoms with E-state index in [1.165, 1.54) is 18.8 Å². The number of rotatable bonds is 5. The zero-order valence-corrected chi connectivity index (χ0v) is 13.6. The van der Waals surface area contributed by atoms with Crippen LogP contribution in [-0.2, 0) is 23.8 Å². The molecule has 0 saturated heterocycles. The molecule has 9 heteroatoms. The molecule has 1 aliphatic rings. The third-order valence-corrected chi connectivity index (χ3v) is 3.87. The van der Waals surface area contributed by atoms with E-state index in [-0.39, 0.29) is 23.8 Å². The molecule has 0 atom stereocenters. The lowest BCUT2D eigenvalue weighted by Gasteiger charge is -2.11.